The van der Waals surface area contributed by atoms with Gasteiger partial charge in [-0.3, -0.25) is 0 Å². The Labute approximate surface area is 321 Å². The quantitative estimate of drug-likeness (QED) is 0.167. The standard InChI is InChI=1S/C50H41BN2O2/c1-49(2,3)30-20-24-42-37(26-30)51-38-27-31(50(4,5)6)21-25-43(38)55-45-29-33(28-44(54-42)47(45)51)53-39-18-12-10-16-34(39)35-22-23-41-46(48(35)53)36-17-11-13-19-40(36)52(41)32-14-8-7-9-15-32/h7-29H,1-6H3. The Morgan fingerprint density at radius 3 is 1.58 bits per heavy atom. The largest absolute Gasteiger partial charge is 0.458 e. The minimum Gasteiger partial charge on any atom is -0.458 e. The highest BCUT2D eigenvalue weighted by molar-refractivity contribution is 6.98. The minimum atomic E-state index is -0.0233. The van der Waals surface area contributed by atoms with Crippen LogP contribution in [0, 0.1) is 0 Å². The summed E-state index contributed by atoms with van der Waals surface area (Å²) in [6, 6.07) is 50.9. The molecule has 55 heavy (non-hydrogen) atoms. The first kappa shape index (κ1) is 32.3. The lowest BCUT2D eigenvalue weighted by molar-refractivity contribution is 0.463. The average molecular weight is 713 g/mol. The van der Waals surface area contributed by atoms with Crippen LogP contribution < -0.4 is 25.9 Å². The summed E-state index contributed by atoms with van der Waals surface area (Å²) >= 11 is 0. The first-order chi connectivity index (χ1) is 26.5. The molecule has 0 aliphatic carbocycles. The van der Waals surface area contributed by atoms with Gasteiger partial charge < -0.3 is 18.6 Å². The van der Waals surface area contributed by atoms with Gasteiger partial charge in [-0.2, -0.15) is 0 Å². The first-order valence-corrected chi connectivity index (χ1v) is 19.4. The Morgan fingerprint density at radius 2 is 0.982 bits per heavy atom. The molecule has 0 saturated carbocycles. The molecule has 0 amide bonds. The van der Waals surface area contributed by atoms with Crippen molar-refractivity contribution >= 4 is 66.7 Å². The highest BCUT2D eigenvalue weighted by atomic mass is 16.5. The molecule has 4 nitrogen and oxygen atoms in total. The monoisotopic (exact) mass is 712 g/mol. The van der Waals surface area contributed by atoms with Gasteiger partial charge in [-0.25, -0.2) is 0 Å². The van der Waals surface area contributed by atoms with Gasteiger partial charge in [0.2, 0.25) is 0 Å². The zero-order chi connectivity index (χ0) is 37.4. The van der Waals surface area contributed by atoms with E-state index < -0.39 is 0 Å². The van der Waals surface area contributed by atoms with Crippen LogP contribution in [-0.4, -0.2) is 15.8 Å². The zero-order valence-electron chi connectivity index (χ0n) is 32.1. The van der Waals surface area contributed by atoms with E-state index in [1.165, 1.54) is 60.1 Å². The molecule has 0 unspecified atom stereocenters. The Morgan fingerprint density at radius 1 is 0.436 bits per heavy atom. The molecule has 2 aliphatic heterocycles. The summed E-state index contributed by atoms with van der Waals surface area (Å²) in [6.07, 6.45) is 0. The Kier molecular flexibility index (Phi) is 6.55. The van der Waals surface area contributed by atoms with Crippen LogP contribution in [0.3, 0.4) is 0 Å². The van der Waals surface area contributed by atoms with Gasteiger partial charge >= 0.3 is 0 Å². The van der Waals surface area contributed by atoms with E-state index in [2.05, 4.69) is 190 Å². The second-order valence-electron chi connectivity index (χ2n) is 17.4. The molecular weight excluding hydrogens is 671 g/mol. The summed E-state index contributed by atoms with van der Waals surface area (Å²) in [7, 11) is 0. The van der Waals surface area contributed by atoms with E-state index in [0.29, 0.717) is 0 Å². The normalized spacial score (nSPS) is 13.5. The van der Waals surface area contributed by atoms with Gasteiger partial charge in [0.1, 0.15) is 23.0 Å². The fourth-order valence-electron chi connectivity index (χ4n) is 9.18. The molecule has 7 aromatic carbocycles. The van der Waals surface area contributed by atoms with Crippen molar-refractivity contribution in [2.24, 2.45) is 0 Å². The van der Waals surface area contributed by atoms with Crippen LogP contribution in [0.15, 0.2) is 140 Å². The smallest absolute Gasteiger partial charge is 0.260 e. The third-order valence-electron chi connectivity index (χ3n) is 11.9. The second kappa shape index (κ2) is 11.2. The van der Waals surface area contributed by atoms with E-state index >= 15 is 0 Å². The molecule has 2 aliphatic rings. The highest BCUT2D eigenvalue weighted by Gasteiger charge is 2.42. The summed E-state index contributed by atoms with van der Waals surface area (Å²) in [4.78, 5) is 0. The van der Waals surface area contributed by atoms with Gasteiger partial charge in [-0.1, -0.05) is 126 Å². The fourth-order valence-corrected chi connectivity index (χ4v) is 9.18. The van der Waals surface area contributed by atoms with E-state index in [-0.39, 0.29) is 17.5 Å². The molecule has 0 spiro atoms. The maximum atomic E-state index is 6.99. The van der Waals surface area contributed by atoms with Crippen molar-refractivity contribution in [3.63, 3.8) is 0 Å². The van der Waals surface area contributed by atoms with Crippen LogP contribution in [0.2, 0.25) is 0 Å². The molecule has 5 heteroatoms. The molecule has 0 fully saturated rings. The van der Waals surface area contributed by atoms with Gasteiger partial charge in [0.05, 0.1) is 27.8 Å². The van der Waals surface area contributed by atoms with Gasteiger partial charge in [-0.15, -0.1) is 0 Å². The lowest BCUT2D eigenvalue weighted by Gasteiger charge is -2.35. The number of aromatic nitrogens is 2. The number of nitrogens with zero attached hydrogens (tertiary/aromatic N) is 2. The number of para-hydroxylation sites is 3. The molecule has 9 aromatic rings. The number of hydrogen-bond acceptors (Lipinski definition) is 2. The molecule has 4 heterocycles. The molecule has 0 N–H and O–H groups in total. The van der Waals surface area contributed by atoms with Gasteiger partial charge in [-0.05, 0) is 75.3 Å². The average Bonchev–Trinajstić information content (AvgIpc) is 3.70. The topological polar surface area (TPSA) is 28.3 Å². The molecule has 0 saturated heterocycles. The van der Waals surface area contributed by atoms with Gasteiger partial charge in [0.25, 0.3) is 6.71 Å². The van der Waals surface area contributed by atoms with Crippen molar-refractivity contribution in [2.45, 2.75) is 52.4 Å². The third kappa shape index (κ3) is 4.65. The van der Waals surface area contributed by atoms with Crippen LogP contribution >= 0.6 is 0 Å². The minimum absolute atomic E-state index is 0.00521. The Hall–Kier alpha value is -6.20. The van der Waals surface area contributed by atoms with Crippen LogP contribution in [0.25, 0.3) is 55.0 Å². The van der Waals surface area contributed by atoms with Crippen molar-refractivity contribution in [2.75, 3.05) is 0 Å². The van der Waals surface area contributed by atoms with E-state index in [9.17, 15) is 0 Å². The van der Waals surface area contributed by atoms with E-state index in [0.717, 1.165) is 45.4 Å². The van der Waals surface area contributed by atoms with Crippen LogP contribution in [0.4, 0.5) is 0 Å². The van der Waals surface area contributed by atoms with Crippen molar-refractivity contribution < 1.29 is 9.47 Å². The SMILES string of the molecule is CC(C)(C)c1ccc2c(c1)B1c3cc(C(C)(C)C)ccc3Oc3cc(-n4c5ccccc5c5ccc6c(c7ccccc7n6-c6ccccc6)c54)cc(c31)O2. The summed E-state index contributed by atoms with van der Waals surface area (Å²) in [5.74, 6) is 3.48. The van der Waals surface area contributed by atoms with Crippen LogP contribution in [0.5, 0.6) is 23.0 Å². The van der Waals surface area contributed by atoms with Gasteiger partial charge in [0, 0.05) is 44.8 Å². The number of benzene rings is 7. The summed E-state index contributed by atoms with van der Waals surface area (Å²) in [5, 5.41) is 4.86. The molecular formula is C50H41BN2O2. The fraction of sp³-hybridized carbons (Fsp3) is 0.160. The molecule has 2 aromatic heterocycles. The molecule has 0 bridgehead atoms. The Bertz CT molecular complexity index is 2980. The summed E-state index contributed by atoms with van der Waals surface area (Å²) in [5.41, 5.74) is 12.9. The lowest BCUT2D eigenvalue weighted by Crippen LogP contribution is -2.57. The molecule has 0 atom stereocenters. The Balaban J connectivity index is 1.22. The number of ether oxygens (including phenoxy) is 2. The maximum absolute atomic E-state index is 6.99. The van der Waals surface area contributed by atoms with E-state index in [1.807, 2.05) is 0 Å². The van der Waals surface area contributed by atoms with E-state index in [1.54, 1.807) is 0 Å². The van der Waals surface area contributed by atoms with Crippen LogP contribution in [-0.2, 0) is 10.8 Å². The highest BCUT2D eigenvalue weighted by Crippen LogP contribution is 2.44. The van der Waals surface area contributed by atoms with Crippen LogP contribution in [0.1, 0.15) is 52.7 Å². The third-order valence-corrected chi connectivity index (χ3v) is 11.9. The van der Waals surface area contributed by atoms with Crippen molar-refractivity contribution in [1.82, 2.24) is 9.13 Å². The summed E-state index contributed by atoms with van der Waals surface area (Å²) in [6.45, 7) is 13.6. The predicted octanol–water partition coefficient (Wildman–Crippen LogP) is 11.2. The maximum Gasteiger partial charge on any atom is 0.260 e. The number of fused-ring (bicyclic) bond motifs is 11. The molecule has 266 valence electrons. The molecule has 0 radical (unpaired) electrons. The number of rotatable bonds is 2. The second-order valence-corrected chi connectivity index (χ2v) is 17.4. The van der Waals surface area contributed by atoms with E-state index in [4.69, 9.17) is 9.47 Å². The number of hydrogen-bond donors (Lipinski definition) is 0. The van der Waals surface area contributed by atoms with Crippen molar-refractivity contribution in [3.05, 3.63) is 151 Å². The zero-order valence-corrected chi connectivity index (χ0v) is 32.1. The lowest BCUT2D eigenvalue weighted by atomic mass is 9.34. The summed E-state index contributed by atoms with van der Waals surface area (Å²) < 4.78 is 18.8. The van der Waals surface area contributed by atoms with Gasteiger partial charge in [0.15, 0.2) is 0 Å². The van der Waals surface area contributed by atoms with Crippen molar-refractivity contribution in [3.8, 4) is 34.4 Å². The van der Waals surface area contributed by atoms with Crippen molar-refractivity contribution in [1.29, 1.82) is 0 Å². The predicted molar refractivity (Wildman–Crippen MR) is 230 cm³/mol. The molecule has 11 rings (SSSR count). The first-order valence-electron chi connectivity index (χ1n) is 19.4.